The average Bonchev–Trinajstić information content (AvgIpc) is 2.92. The quantitative estimate of drug-likeness (QED) is 0.235. The Balaban J connectivity index is 1.74. The highest BCUT2D eigenvalue weighted by Crippen LogP contribution is 2.15. The van der Waals surface area contributed by atoms with Gasteiger partial charge in [-0.3, -0.25) is 4.68 Å². The molecule has 0 radical (unpaired) electrons. The molecule has 0 atom stereocenters. The minimum absolute atomic E-state index is 1.06. The zero-order chi connectivity index (χ0) is 18.2. The predicted molar refractivity (Wildman–Crippen MR) is 114 cm³/mol. The van der Waals surface area contributed by atoms with Gasteiger partial charge in [0.05, 0.1) is 10.2 Å². The van der Waals surface area contributed by atoms with Gasteiger partial charge in [-0.05, 0) is 29.3 Å². The van der Waals surface area contributed by atoms with Crippen molar-refractivity contribution in [3.8, 4) is 0 Å². The largest absolute Gasteiger partial charge is 0.271 e. The van der Waals surface area contributed by atoms with E-state index in [1.165, 1.54) is 103 Å². The Labute approximate surface area is 165 Å². The standard InChI is InChI=1S/C22H41BrN2/c1-3-4-5-6-7-8-9-10-11-12-13-14-15-16-17-18-19-25-20-22(23)21(2)24-25/h20H,3-19H2,1-2H3. The van der Waals surface area contributed by atoms with Gasteiger partial charge in [0, 0.05) is 12.7 Å². The van der Waals surface area contributed by atoms with Crippen LogP contribution < -0.4 is 0 Å². The van der Waals surface area contributed by atoms with Gasteiger partial charge in [-0.1, -0.05) is 103 Å². The lowest BCUT2D eigenvalue weighted by Crippen LogP contribution is -1.98. The molecule has 0 saturated carbocycles. The van der Waals surface area contributed by atoms with Crippen LogP contribution in [-0.2, 0) is 6.54 Å². The Hall–Kier alpha value is -0.310. The number of halogens is 1. The van der Waals surface area contributed by atoms with Crippen LogP contribution in [0.4, 0.5) is 0 Å². The van der Waals surface area contributed by atoms with Crippen molar-refractivity contribution >= 4 is 15.9 Å². The van der Waals surface area contributed by atoms with E-state index in [0.29, 0.717) is 0 Å². The zero-order valence-corrected chi connectivity index (χ0v) is 18.5. The van der Waals surface area contributed by atoms with Gasteiger partial charge in [0.25, 0.3) is 0 Å². The van der Waals surface area contributed by atoms with E-state index in [4.69, 9.17) is 0 Å². The summed E-state index contributed by atoms with van der Waals surface area (Å²) in [7, 11) is 0. The molecular weight excluding hydrogens is 372 g/mol. The highest BCUT2D eigenvalue weighted by molar-refractivity contribution is 9.10. The molecule has 1 heterocycles. The maximum absolute atomic E-state index is 4.49. The summed E-state index contributed by atoms with van der Waals surface area (Å²) < 4.78 is 3.20. The Morgan fingerprint density at radius 3 is 1.48 bits per heavy atom. The molecule has 25 heavy (non-hydrogen) atoms. The van der Waals surface area contributed by atoms with Crippen LogP contribution >= 0.6 is 15.9 Å². The molecular formula is C22H41BrN2. The highest BCUT2D eigenvalue weighted by atomic mass is 79.9. The molecule has 0 bridgehead atoms. The molecule has 0 unspecified atom stereocenters. The van der Waals surface area contributed by atoms with Crippen LogP contribution in [0.15, 0.2) is 10.7 Å². The molecule has 0 saturated heterocycles. The van der Waals surface area contributed by atoms with Gasteiger partial charge in [-0.15, -0.1) is 0 Å². The molecule has 0 amide bonds. The lowest BCUT2D eigenvalue weighted by Gasteiger charge is -2.04. The molecule has 0 aromatic carbocycles. The van der Waals surface area contributed by atoms with E-state index >= 15 is 0 Å². The van der Waals surface area contributed by atoms with Crippen LogP contribution in [-0.4, -0.2) is 9.78 Å². The van der Waals surface area contributed by atoms with Crippen molar-refractivity contribution in [1.82, 2.24) is 9.78 Å². The van der Waals surface area contributed by atoms with Gasteiger partial charge in [0.15, 0.2) is 0 Å². The molecule has 0 aliphatic heterocycles. The monoisotopic (exact) mass is 412 g/mol. The third kappa shape index (κ3) is 12.6. The van der Waals surface area contributed by atoms with Crippen molar-refractivity contribution in [1.29, 1.82) is 0 Å². The fourth-order valence-electron chi connectivity index (χ4n) is 3.43. The second kappa shape index (κ2) is 15.9. The van der Waals surface area contributed by atoms with E-state index in [1.807, 2.05) is 6.92 Å². The van der Waals surface area contributed by atoms with E-state index in [1.54, 1.807) is 0 Å². The van der Waals surface area contributed by atoms with Crippen LogP contribution in [0.25, 0.3) is 0 Å². The number of unbranched alkanes of at least 4 members (excludes halogenated alkanes) is 15. The first-order valence-electron chi connectivity index (χ1n) is 10.9. The number of aromatic nitrogens is 2. The number of rotatable bonds is 17. The van der Waals surface area contributed by atoms with E-state index in [9.17, 15) is 0 Å². The van der Waals surface area contributed by atoms with E-state index < -0.39 is 0 Å². The second-order valence-electron chi connectivity index (χ2n) is 7.63. The molecule has 3 heteroatoms. The molecule has 1 aromatic rings. The van der Waals surface area contributed by atoms with Crippen LogP contribution in [0, 0.1) is 6.92 Å². The van der Waals surface area contributed by atoms with Crippen LogP contribution in [0.1, 0.15) is 115 Å². The Morgan fingerprint density at radius 2 is 1.12 bits per heavy atom. The summed E-state index contributed by atoms with van der Waals surface area (Å²) in [5.41, 5.74) is 1.09. The summed E-state index contributed by atoms with van der Waals surface area (Å²) in [6.07, 6.45) is 24.9. The summed E-state index contributed by atoms with van der Waals surface area (Å²) in [6.45, 7) is 5.40. The van der Waals surface area contributed by atoms with Crippen molar-refractivity contribution in [2.24, 2.45) is 0 Å². The summed E-state index contributed by atoms with van der Waals surface area (Å²) >= 11 is 3.52. The fraction of sp³-hybridized carbons (Fsp3) is 0.864. The van der Waals surface area contributed by atoms with E-state index in [-0.39, 0.29) is 0 Å². The average molecular weight is 413 g/mol. The second-order valence-corrected chi connectivity index (χ2v) is 8.48. The Morgan fingerprint density at radius 1 is 0.720 bits per heavy atom. The highest BCUT2D eigenvalue weighted by Gasteiger charge is 2.00. The topological polar surface area (TPSA) is 17.8 Å². The van der Waals surface area contributed by atoms with E-state index in [0.717, 1.165) is 16.7 Å². The van der Waals surface area contributed by atoms with E-state index in [2.05, 4.69) is 38.8 Å². The van der Waals surface area contributed by atoms with Gasteiger partial charge in [-0.25, -0.2) is 0 Å². The molecule has 0 aliphatic carbocycles. The lowest BCUT2D eigenvalue weighted by molar-refractivity contribution is 0.508. The van der Waals surface area contributed by atoms with Crippen molar-refractivity contribution < 1.29 is 0 Å². The minimum Gasteiger partial charge on any atom is -0.271 e. The maximum atomic E-state index is 4.49. The fourth-order valence-corrected chi connectivity index (χ4v) is 3.75. The molecule has 146 valence electrons. The molecule has 0 spiro atoms. The SMILES string of the molecule is CCCCCCCCCCCCCCCCCCn1cc(Br)c(C)n1. The summed E-state index contributed by atoms with van der Waals surface area (Å²) in [5.74, 6) is 0. The van der Waals surface area contributed by atoms with Gasteiger partial charge in [0.1, 0.15) is 0 Å². The smallest absolute Gasteiger partial charge is 0.0735 e. The first kappa shape index (κ1) is 22.7. The first-order chi connectivity index (χ1) is 12.2. The molecule has 0 fully saturated rings. The maximum Gasteiger partial charge on any atom is 0.0735 e. The number of aryl methyl sites for hydroxylation is 2. The van der Waals surface area contributed by atoms with Crippen molar-refractivity contribution in [3.63, 3.8) is 0 Å². The van der Waals surface area contributed by atoms with Gasteiger partial charge in [-0.2, -0.15) is 5.10 Å². The Bertz CT molecular complexity index is 395. The van der Waals surface area contributed by atoms with Crippen molar-refractivity contribution in [2.75, 3.05) is 0 Å². The summed E-state index contributed by atoms with van der Waals surface area (Å²) in [6, 6.07) is 0. The van der Waals surface area contributed by atoms with Crippen LogP contribution in [0.5, 0.6) is 0 Å². The normalized spacial score (nSPS) is 11.3. The van der Waals surface area contributed by atoms with Crippen molar-refractivity contribution in [3.05, 3.63) is 16.4 Å². The first-order valence-corrected chi connectivity index (χ1v) is 11.7. The van der Waals surface area contributed by atoms with Crippen LogP contribution in [0.3, 0.4) is 0 Å². The van der Waals surface area contributed by atoms with Gasteiger partial charge < -0.3 is 0 Å². The third-order valence-corrected chi connectivity index (χ3v) is 5.91. The number of hydrogen-bond donors (Lipinski definition) is 0. The summed E-state index contributed by atoms with van der Waals surface area (Å²) in [4.78, 5) is 0. The van der Waals surface area contributed by atoms with Crippen molar-refractivity contribution in [2.45, 2.75) is 123 Å². The number of hydrogen-bond acceptors (Lipinski definition) is 1. The zero-order valence-electron chi connectivity index (χ0n) is 16.9. The van der Waals surface area contributed by atoms with Crippen LogP contribution in [0.2, 0.25) is 0 Å². The van der Waals surface area contributed by atoms with Gasteiger partial charge in [0.2, 0.25) is 0 Å². The van der Waals surface area contributed by atoms with Gasteiger partial charge >= 0.3 is 0 Å². The molecule has 1 rings (SSSR count). The third-order valence-electron chi connectivity index (χ3n) is 5.13. The molecule has 0 N–H and O–H groups in total. The lowest BCUT2D eigenvalue weighted by atomic mass is 10.0. The Kier molecular flexibility index (Phi) is 14.5. The number of nitrogens with zero attached hydrogens (tertiary/aromatic N) is 2. The molecule has 0 aliphatic rings. The molecule has 2 nitrogen and oxygen atoms in total. The predicted octanol–water partition coefficient (Wildman–Crippen LogP) is 8.22. The summed E-state index contributed by atoms with van der Waals surface area (Å²) in [5, 5.41) is 4.49. The minimum atomic E-state index is 1.06. The molecule has 1 aromatic heterocycles.